The van der Waals surface area contributed by atoms with Gasteiger partial charge in [-0.25, -0.2) is 4.98 Å². The number of piperazine rings is 1. The molecule has 2 aliphatic heterocycles. The number of aromatic nitrogens is 1. The number of hydrogen-bond acceptors (Lipinski definition) is 6. The van der Waals surface area contributed by atoms with Crippen LogP contribution in [0, 0.1) is 0 Å². The molecule has 3 aliphatic rings. The van der Waals surface area contributed by atoms with Crippen molar-refractivity contribution in [2.24, 2.45) is 0 Å². The number of benzene rings is 1. The Morgan fingerprint density at radius 1 is 1.00 bits per heavy atom. The molecule has 158 valence electrons. The number of carbonyl (C=O) groups is 1. The van der Waals surface area contributed by atoms with Crippen molar-refractivity contribution < 1.29 is 14.3 Å². The van der Waals surface area contributed by atoms with E-state index in [9.17, 15) is 4.79 Å². The van der Waals surface area contributed by atoms with Crippen molar-refractivity contribution in [2.75, 3.05) is 42.9 Å². The average Bonchev–Trinajstić information content (AvgIpc) is 3.11. The highest BCUT2D eigenvalue weighted by atomic mass is 16.7. The van der Waals surface area contributed by atoms with Gasteiger partial charge in [0.25, 0.3) is 5.79 Å². The molecule has 2 fully saturated rings. The Morgan fingerprint density at radius 2 is 1.80 bits per heavy atom. The second-order valence-electron chi connectivity index (χ2n) is 8.34. The molecule has 1 spiro atoms. The van der Waals surface area contributed by atoms with Crippen LogP contribution in [0.1, 0.15) is 32.1 Å². The van der Waals surface area contributed by atoms with Crippen molar-refractivity contribution in [1.82, 2.24) is 9.88 Å². The molecule has 1 aromatic heterocycles. The number of rotatable bonds is 4. The number of amides is 1. The van der Waals surface area contributed by atoms with Crippen LogP contribution in [0.25, 0.3) is 0 Å². The molecule has 0 unspecified atom stereocenters. The molecule has 7 heteroatoms. The fourth-order valence-corrected chi connectivity index (χ4v) is 4.55. The third kappa shape index (κ3) is 4.07. The molecule has 5 rings (SSSR count). The molecule has 7 nitrogen and oxygen atoms in total. The van der Waals surface area contributed by atoms with Gasteiger partial charge in [0.1, 0.15) is 5.82 Å². The lowest BCUT2D eigenvalue weighted by Gasteiger charge is -2.34. The summed E-state index contributed by atoms with van der Waals surface area (Å²) in [6, 6.07) is 11.6. The van der Waals surface area contributed by atoms with Crippen molar-refractivity contribution in [2.45, 2.75) is 37.9 Å². The van der Waals surface area contributed by atoms with Gasteiger partial charge in [-0.3, -0.25) is 9.69 Å². The van der Waals surface area contributed by atoms with Gasteiger partial charge in [0.15, 0.2) is 11.5 Å². The van der Waals surface area contributed by atoms with E-state index in [0.717, 1.165) is 74.9 Å². The second-order valence-corrected chi connectivity index (χ2v) is 8.34. The van der Waals surface area contributed by atoms with E-state index >= 15 is 0 Å². The summed E-state index contributed by atoms with van der Waals surface area (Å²) >= 11 is 0. The van der Waals surface area contributed by atoms with Crippen LogP contribution >= 0.6 is 0 Å². The first kappa shape index (κ1) is 19.2. The molecule has 1 saturated heterocycles. The van der Waals surface area contributed by atoms with E-state index in [-0.39, 0.29) is 5.91 Å². The number of carbonyl (C=O) groups excluding carboxylic acids is 1. The standard InChI is InChI=1S/C23H28N4O3/c28-22(17-26-12-14-27(15-13-26)21-6-2-5-11-24-21)25-18-7-8-19-20(16-18)30-23(29-19)9-3-1-4-10-23/h2,5-8,11,16H,1,3-4,9-10,12-15,17H2,(H,25,28). The van der Waals surface area contributed by atoms with Gasteiger partial charge in [-0.2, -0.15) is 0 Å². The maximum atomic E-state index is 12.6. The van der Waals surface area contributed by atoms with Gasteiger partial charge in [0.05, 0.1) is 6.54 Å². The monoisotopic (exact) mass is 408 g/mol. The van der Waals surface area contributed by atoms with Gasteiger partial charge in [-0.15, -0.1) is 0 Å². The highest BCUT2D eigenvalue weighted by Crippen LogP contribution is 2.46. The van der Waals surface area contributed by atoms with E-state index in [4.69, 9.17) is 9.47 Å². The van der Waals surface area contributed by atoms with Crippen molar-refractivity contribution in [3.8, 4) is 11.5 Å². The predicted molar refractivity (Wildman–Crippen MR) is 115 cm³/mol. The molecule has 30 heavy (non-hydrogen) atoms. The number of anilines is 2. The Hall–Kier alpha value is -2.80. The molecule has 1 aromatic carbocycles. The maximum Gasteiger partial charge on any atom is 0.251 e. The minimum atomic E-state index is -0.490. The number of pyridine rings is 1. The van der Waals surface area contributed by atoms with Gasteiger partial charge in [-0.1, -0.05) is 12.5 Å². The quantitative estimate of drug-likeness (QED) is 0.838. The van der Waals surface area contributed by atoms with Crippen LogP contribution in [0.4, 0.5) is 11.5 Å². The first-order chi connectivity index (χ1) is 14.7. The van der Waals surface area contributed by atoms with Crippen molar-refractivity contribution in [3.63, 3.8) is 0 Å². The van der Waals surface area contributed by atoms with Gasteiger partial charge in [0, 0.05) is 57.0 Å². The summed E-state index contributed by atoms with van der Waals surface area (Å²) in [5.41, 5.74) is 0.752. The van der Waals surface area contributed by atoms with Crippen LogP contribution in [0.5, 0.6) is 11.5 Å². The number of nitrogens with one attached hydrogen (secondary N) is 1. The SMILES string of the molecule is O=C(CN1CCN(c2ccccn2)CC1)Nc1ccc2c(c1)OC1(CCCCC1)O2. The van der Waals surface area contributed by atoms with E-state index < -0.39 is 5.79 Å². The van der Waals surface area contributed by atoms with E-state index in [1.807, 2.05) is 42.6 Å². The number of nitrogens with zero attached hydrogens (tertiary/aromatic N) is 3. The molecule has 0 bridgehead atoms. The largest absolute Gasteiger partial charge is 0.448 e. The van der Waals surface area contributed by atoms with E-state index in [0.29, 0.717) is 6.54 Å². The van der Waals surface area contributed by atoms with Gasteiger partial charge >= 0.3 is 0 Å². The summed E-state index contributed by atoms with van der Waals surface area (Å²) in [6.45, 7) is 3.81. The van der Waals surface area contributed by atoms with Gasteiger partial charge in [0.2, 0.25) is 5.91 Å². The zero-order chi connectivity index (χ0) is 20.4. The Labute approximate surface area is 177 Å². The third-order valence-electron chi connectivity index (χ3n) is 6.15. The van der Waals surface area contributed by atoms with Crippen LogP contribution in [0.15, 0.2) is 42.6 Å². The number of hydrogen-bond donors (Lipinski definition) is 1. The minimum Gasteiger partial charge on any atom is -0.448 e. The lowest BCUT2D eigenvalue weighted by atomic mass is 9.94. The zero-order valence-electron chi connectivity index (χ0n) is 17.2. The molecular formula is C23H28N4O3. The van der Waals surface area contributed by atoms with Crippen LogP contribution in [-0.4, -0.2) is 54.3 Å². The van der Waals surface area contributed by atoms with Crippen LogP contribution < -0.4 is 19.7 Å². The van der Waals surface area contributed by atoms with E-state index in [1.54, 1.807) is 0 Å². The topological polar surface area (TPSA) is 66.9 Å². The lowest BCUT2D eigenvalue weighted by molar-refractivity contribution is -0.117. The molecule has 0 radical (unpaired) electrons. The van der Waals surface area contributed by atoms with Crippen molar-refractivity contribution in [1.29, 1.82) is 0 Å². The second kappa shape index (κ2) is 8.14. The highest BCUT2D eigenvalue weighted by Gasteiger charge is 2.42. The molecular weight excluding hydrogens is 380 g/mol. The smallest absolute Gasteiger partial charge is 0.251 e. The first-order valence-electron chi connectivity index (χ1n) is 10.9. The van der Waals surface area contributed by atoms with Gasteiger partial charge < -0.3 is 19.7 Å². The molecule has 1 aliphatic carbocycles. The molecule has 1 N–H and O–H groups in total. The Balaban J connectivity index is 1.13. The van der Waals surface area contributed by atoms with Crippen molar-refractivity contribution in [3.05, 3.63) is 42.6 Å². The molecule has 0 atom stereocenters. The summed E-state index contributed by atoms with van der Waals surface area (Å²) in [4.78, 5) is 21.4. The summed E-state index contributed by atoms with van der Waals surface area (Å²) in [5, 5.41) is 3.01. The average molecular weight is 409 g/mol. The maximum absolute atomic E-state index is 12.6. The fraction of sp³-hybridized carbons (Fsp3) is 0.478. The first-order valence-corrected chi connectivity index (χ1v) is 10.9. The Morgan fingerprint density at radius 3 is 2.57 bits per heavy atom. The summed E-state index contributed by atoms with van der Waals surface area (Å²) in [5.74, 6) is 2.01. The normalized spacial score (nSPS) is 20.3. The Bertz CT molecular complexity index is 891. The Kier molecular flexibility index (Phi) is 5.21. The molecule has 1 amide bonds. The molecule has 3 heterocycles. The van der Waals surface area contributed by atoms with E-state index in [2.05, 4.69) is 20.1 Å². The van der Waals surface area contributed by atoms with Gasteiger partial charge in [-0.05, 0) is 37.1 Å². The summed E-state index contributed by atoms with van der Waals surface area (Å²) < 4.78 is 12.3. The summed E-state index contributed by atoms with van der Waals surface area (Å²) in [7, 11) is 0. The minimum absolute atomic E-state index is 0.00692. The number of ether oxygens (including phenoxy) is 2. The van der Waals surface area contributed by atoms with Crippen molar-refractivity contribution >= 4 is 17.4 Å². The number of fused-ring (bicyclic) bond motifs is 1. The molecule has 2 aromatic rings. The summed E-state index contributed by atoms with van der Waals surface area (Å²) in [6.07, 6.45) is 7.16. The van der Waals surface area contributed by atoms with E-state index in [1.165, 1.54) is 6.42 Å². The molecule has 1 saturated carbocycles. The fourth-order valence-electron chi connectivity index (χ4n) is 4.55. The highest BCUT2D eigenvalue weighted by molar-refractivity contribution is 5.92. The van der Waals surface area contributed by atoms with Crippen LogP contribution in [-0.2, 0) is 4.79 Å². The third-order valence-corrected chi connectivity index (χ3v) is 6.15. The van der Waals surface area contributed by atoms with Crippen LogP contribution in [0.2, 0.25) is 0 Å². The van der Waals surface area contributed by atoms with Crippen LogP contribution in [0.3, 0.4) is 0 Å². The predicted octanol–water partition coefficient (Wildman–Crippen LogP) is 3.27. The lowest BCUT2D eigenvalue weighted by Crippen LogP contribution is -2.48. The zero-order valence-corrected chi connectivity index (χ0v) is 17.2.